The van der Waals surface area contributed by atoms with Crippen molar-refractivity contribution in [3.8, 4) is 0 Å². The van der Waals surface area contributed by atoms with Crippen molar-refractivity contribution in [2.24, 2.45) is 5.73 Å². The van der Waals surface area contributed by atoms with Gasteiger partial charge in [0, 0.05) is 0 Å². The Labute approximate surface area is 63.8 Å². The van der Waals surface area contributed by atoms with E-state index in [0.29, 0.717) is 0 Å². The Morgan fingerprint density at radius 3 is 2.64 bits per heavy atom. The molecule has 64 valence electrons. The Balaban J connectivity index is 2.35. The molecule has 1 aliphatic rings. The highest BCUT2D eigenvalue weighted by atomic mass is 32.2. The van der Waals surface area contributed by atoms with Crippen LogP contribution in [0.5, 0.6) is 0 Å². The predicted molar refractivity (Wildman–Crippen MR) is 35.9 cm³/mol. The highest BCUT2D eigenvalue weighted by molar-refractivity contribution is 7.88. The maximum atomic E-state index is 10.6. The summed E-state index contributed by atoms with van der Waals surface area (Å²) < 4.78 is 25.4. The van der Waals surface area contributed by atoms with Gasteiger partial charge < -0.3 is 5.73 Å². The molecule has 1 rings (SSSR count). The molecular formula is C4H8N2O4S. The van der Waals surface area contributed by atoms with Crippen LogP contribution in [0.4, 0.5) is 0 Å². The molecule has 0 bridgehead atoms. The van der Waals surface area contributed by atoms with E-state index in [-0.39, 0.29) is 13.2 Å². The maximum absolute atomic E-state index is 10.6. The number of amides is 1. The quantitative estimate of drug-likeness (QED) is 0.478. The van der Waals surface area contributed by atoms with Crippen LogP contribution in [0.1, 0.15) is 0 Å². The summed E-state index contributed by atoms with van der Waals surface area (Å²) in [6.45, 7) is -0.0666. The first kappa shape index (κ1) is 8.44. The Hall–Kier alpha value is -0.660. The van der Waals surface area contributed by atoms with E-state index in [0.717, 1.165) is 0 Å². The zero-order chi connectivity index (χ0) is 8.48. The molecule has 1 saturated heterocycles. The van der Waals surface area contributed by atoms with E-state index < -0.39 is 21.4 Å². The minimum atomic E-state index is -3.44. The first-order valence-corrected chi connectivity index (χ1v) is 4.39. The van der Waals surface area contributed by atoms with Crippen LogP contribution >= 0.6 is 0 Å². The number of carbonyl (C=O) groups is 1. The lowest BCUT2D eigenvalue weighted by Gasteiger charge is -2.25. The molecule has 0 aromatic carbocycles. The Bertz CT molecular complexity index is 259. The lowest BCUT2D eigenvalue weighted by Crippen LogP contribution is -2.52. The Kier molecular flexibility index (Phi) is 2.12. The molecule has 1 amide bonds. The predicted octanol–water partition coefficient (Wildman–Crippen LogP) is -2.25. The zero-order valence-electron chi connectivity index (χ0n) is 5.61. The van der Waals surface area contributed by atoms with Crippen LogP contribution in [0.25, 0.3) is 0 Å². The van der Waals surface area contributed by atoms with Gasteiger partial charge in [-0.3, -0.25) is 14.3 Å². The number of nitrogens with one attached hydrogen (secondary N) is 1. The van der Waals surface area contributed by atoms with Gasteiger partial charge in [-0.2, -0.15) is 8.42 Å². The normalized spacial score (nSPS) is 27.5. The van der Waals surface area contributed by atoms with E-state index in [1.54, 1.807) is 0 Å². The highest BCUT2D eigenvalue weighted by Crippen LogP contribution is 2.12. The number of nitrogens with two attached hydrogens (primary N) is 1. The first-order valence-electron chi connectivity index (χ1n) is 2.92. The summed E-state index contributed by atoms with van der Waals surface area (Å²) in [5, 5.41) is 1.65. The van der Waals surface area contributed by atoms with E-state index >= 15 is 0 Å². The molecule has 1 fully saturated rings. The second-order valence-electron chi connectivity index (χ2n) is 2.11. The van der Waals surface area contributed by atoms with Gasteiger partial charge in [0.2, 0.25) is 5.91 Å². The van der Waals surface area contributed by atoms with Crippen molar-refractivity contribution < 1.29 is 17.4 Å². The third-order valence-electron chi connectivity index (χ3n) is 1.24. The molecule has 0 radical (unpaired) electrons. The van der Waals surface area contributed by atoms with Crippen molar-refractivity contribution in [1.29, 1.82) is 0 Å². The van der Waals surface area contributed by atoms with Gasteiger partial charge in [-0.1, -0.05) is 0 Å². The molecular weight excluding hydrogens is 172 g/mol. The molecule has 1 unspecified atom stereocenters. The summed E-state index contributed by atoms with van der Waals surface area (Å²) >= 11 is 0. The zero-order valence-corrected chi connectivity index (χ0v) is 6.43. The molecule has 1 aliphatic heterocycles. The van der Waals surface area contributed by atoms with Gasteiger partial charge in [-0.15, -0.1) is 0 Å². The summed E-state index contributed by atoms with van der Waals surface area (Å²) in [6.07, 6.45) is 0. The van der Waals surface area contributed by atoms with Gasteiger partial charge in [0.05, 0.1) is 13.2 Å². The van der Waals surface area contributed by atoms with Crippen LogP contribution in [0.3, 0.4) is 0 Å². The third-order valence-corrected chi connectivity index (χ3v) is 2.70. The molecule has 0 aromatic heterocycles. The first-order chi connectivity index (χ1) is 5.02. The topological polar surface area (TPSA) is 98.5 Å². The SMILES string of the molecule is NC(=O)CNC1COS1(=O)=O. The van der Waals surface area contributed by atoms with Gasteiger partial charge in [0.15, 0.2) is 5.37 Å². The molecule has 7 heteroatoms. The van der Waals surface area contributed by atoms with Gasteiger partial charge >= 0.3 is 0 Å². The minimum absolute atomic E-state index is 0.0790. The standard InChI is InChI=1S/C4H8N2O4S/c5-3(7)1-6-4-2-10-11(4,8)9/h4,6H,1-2H2,(H2,5,7). The fourth-order valence-corrected chi connectivity index (χ4v) is 1.40. The highest BCUT2D eigenvalue weighted by Gasteiger charge is 2.36. The lowest BCUT2D eigenvalue weighted by atomic mass is 10.5. The van der Waals surface area contributed by atoms with Crippen LogP contribution in [0.2, 0.25) is 0 Å². The Morgan fingerprint density at radius 1 is 1.73 bits per heavy atom. The smallest absolute Gasteiger partial charge is 0.286 e. The lowest BCUT2D eigenvalue weighted by molar-refractivity contribution is -0.117. The van der Waals surface area contributed by atoms with Gasteiger partial charge in [0.1, 0.15) is 0 Å². The monoisotopic (exact) mass is 180 g/mol. The minimum Gasteiger partial charge on any atom is -0.369 e. The summed E-state index contributed by atoms with van der Waals surface area (Å²) in [5.41, 5.74) is 4.77. The average molecular weight is 180 g/mol. The van der Waals surface area contributed by atoms with Crippen LogP contribution in [0.15, 0.2) is 0 Å². The van der Waals surface area contributed by atoms with Crippen molar-refractivity contribution in [3.63, 3.8) is 0 Å². The van der Waals surface area contributed by atoms with Gasteiger partial charge in [-0.25, -0.2) is 0 Å². The number of carbonyl (C=O) groups excluding carboxylic acids is 1. The van der Waals surface area contributed by atoms with E-state index in [4.69, 9.17) is 5.73 Å². The molecule has 11 heavy (non-hydrogen) atoms. The van der Waals surface area contributed by atoms with Crippen LogP contribution < -0.4 is 11.1 Å². The van der Waals surface area contributed by atoms with E-state index in [9.17, 15) is 13.2 Å². The summed E-state index contributed by atoms with van der Waals surface area (Å²) in [5.74, 6) is -0.591. The van der Waals surface area contributed by atoms with Crippen molar-refractivity contribution in [2.75, 3.05) is 13.2 Å². The number of hydrogen-bond donors (Lipinski definition) is 2. The number of rotatable bonds is 3. The number of primary amides is 1. The van der Waals surface area contributed by atoms with E-state index in [1.807, 2.05) is 0 Å². The van der Waals surface area contributed by atoms with E-state index in [1.165, 1.54) is 0 Å². The molecule has 0 saturated carbocycles. The molecule has 0 aromatic rings. The van der Waals surface area contributed by atoms with Crippen molar-refractivity contribution in [2.45, 2.75) is 5.37 Å². The van der Waals surface area contributed by atoms with E-state index in [2.05, 4.69) is 9.50 Å². The fraction of sp³-hybridized carbons (Fsp3) is 0.750. The third kappa shape index (κ3) is 1.88. The van der Waals surface area contributed by atoms with Crippen molar-refractivity contribution in [3.05, 3.63) is 0 Å². The van der Waals surface area contributed by atoms with Gasteiger partial charge in [-0.05, 0) is 0 Å². The summed E-state index contributed by atoms with van der Waals surface area (Å²) in [7, 11) is -3.44. The van der Waals surface area contributed by atoms with Crippen LogP contribution in [-0.2, 0) is 19.1 Å². The second-order valence-corrected chi connectivity index (χ2v) is 3.90. The molecule has 0 spiro atoms. The number of hydrogen-bond acceptors (Lipinski definition) is 5. The second kappa shape index (κ2) is 2.76. The van der Waals surface area contributed by atoms with Crippen molar-refractivity contribution >= 4 is 16.0 Å². The molecule has 1 heterocycles. The maximum Gasteiger partial charge on any atom is 0.286 e. The average Bonchev–Trinajstić information content (AvgIpc) is 1.85. The molecule has 6 nitrogen and oxygen atoms in total. The summed E-state index contributed by atoms with van der Waals surface area (Å²) in [4.78, 5) is 10.2. The van der Waals surface area contributed by atoms with Gasteiger partial charge in [0.25, 0.3) is 10.1 Å². The largest absolute Gasteiger partial charge is 0.369 e. The molecule has 0 aliphatic carbocycles. The Morgan fingerprint density at radius 2 is 2.36 bits per heavy atom. The van der Waals surface area contributed by atoms with Crippen LogP contribution in [0, 0.1) is 0 Å². The van der Waals surface area contributed by atoms with Crippen LogP contribution in [-0.4, -0.2) is 32.9 Å². The summed E-state index contributed by atoms with van der Waals surface area (Å²) in [6, 6.07) is 0. The van der Waals surface area contributed by atoms with Crippen molar-refractivity contribution in [1.82, 2.24) is 5.32 Å². The molecule has 3 N–H and O–H groups in total. The fourth-order valence-electron chi connectivity index (χ4n) is 0.623. The molecule has 1 atom stereocenters.